The first-order chi connectivity index (χ1) is 10.3. The number of furan rings is 1. The predicted octanol–water partition coefficient (Wildman–Crippen LogP) is 4.16. The van der Waals surface area contributed by atoms with Crippen molar-refractivity contribution in [2.75, 3.05) is 6.61 Å². The van der Waals surface area contributed by atoms with Crippen molar-refractivity contribution in [1.82, 2.24) is 0 Å². The van der Waals surface area contributed by atoms with E-state index in [1.807, 2.05) is 18.2 Å². The molecule has 2 aromatic rings. The molecule has 0 atom stereocenters. The fraction of sp³-hybridized carbons (Fsp3) is 0.235. The standard InChI is InChI=1S/C17H18O4/c1-2-12-20-17(18)21-16-15(11-13-19-16)10-6-9-14-7-4-3-5-8-14/h2-5,7-8,11,13H,1,6,9-10,12H2. The number of hydrogen-bond donors (Lipinski definition) is 0. The molecule has 0 spiro atoms. The Morgan fingerprint density at radius 1 is 1.19 bits per heavy atom. The van der Waals surface area contributed by atoms with Crippen LogP contribution in [0.4, 0.5) is 4.79 Å². The lowest BCUT2D eigenvalue weighted by atomic mass is 10.1. The predicted molar refractivity (Wildman–Crippen MR) is 79.3 cm³/mol. The Balaban J connectivity index is 1.82. The monoisotopic (exact) mass is 286 g/mol. The van der Waals surface area contributed by atoms with Crippen LogP contribution in [0.5, 0.6) is 5.95 Å². The van der Waals surface area contributed by atoms with Gasteiger partial charge in [-0.05, 0) is 30.9 Å². The summed E-state index contributed by atoms with van der Waals surface area (Å²) in [6, 6.07) is 12.1. The van der Waals surface area contributed by atoms with Gasteiger partial charge in [0.25, 0.3) is 5.95 Å². The molecule has 0 N–H and O–H groups in total. The molecule has 4 heteroatoms. The highest BCUT2D eigenvalue weighted by Gasteiger charge is 2.13. The zero-order valence-corrected chi connectivity index (χ0v) is 11.8. The average Bonchev–Trinajstić information content (AvgIpc) is 2.93. The molecule has 0 saturated carbocycles. The maximum Gasteiger partial charge on any atom is 0.516 e. The van der Waals surface area contributed by atoms with Gasteiger partial charge in [0.05, 0.1) is 6.26 Å². The molecule has 0 fully saturated rings. The van der Waals surface area contributed by atoms with Crippen LogP contribution in [0.2, 0.25) is 0 Å². The van der Waals surface area contributed by atoms with Gasteiger partial charge in [-0.3, -0.25) is 0 Å². The van der Waals surface area contributed by atoms with E-state index in [0.717, 1.165) is 24.8 Å². The number of hydrogen-bond acceptors (Lipinski definition) is 4. The molecule has 21 heavy (non-hydrogen) atoms. The average molecular weight is 286 g/mol. The second kappa shape index (κ2) is 7.94. The van der Waals surface area contributed by atoms with Gasteiger partial charge in [0.15, 0.2) is 0 Å². The third-order valence-electron chi connectivity index (χ3n) is 2.96. The summed E-state index contributed by atoms with van der Waals surface area (Å²) in [5.41, 5.74) is 2.15. The van der Waals surface area contributed by atoms with Gasteiger partial charge in [0, 0.05) is 5.56 Å². The van der Waals surface area contributed by atoms with Gasteiger partial charge in [0.2, 0.25) is 0 Å². The summed E-state index contributed by atoms with van der Waals surface area (Å²) in [6.07, 6.45) is 4.89. The fourth-order valence-corrected chi connectivity index (χ4v) is 1.96. The Morgan fingerprint density at radius 2 is 2.00 bits per heavy atom. The summed E-state index contributed by atoms with van der Waals surface area (Å²) in [5.74, 6) is 0.206. The van der Waals surface area contributed by atoms with E-state index in [2.05, 4.69) is 18.7 Å². The molecule has 0 aliphatic rings. The smallest absolute Gasteiger partial charge is 0.434 e. The fourth-order valence-electron chi connectivity index (χ4n) is 1.96. The van der Waals surface area contributed by atoms with Gasteiger partial charge in [-0.25, -0.2) is 4.79 Å². The van der Waals surface area contributed by atoms with Gasteiger partial charge >= 0.3 is 6.16 Å². The van der Waals surface area contributed by atoms with Crippen molar-refractivity contribution in [2.24, 2.45) is 0 Å². The second-order valence-corrected chi connectivity index (χ2v) is 4.52. The second-order valence-electron chi connectivity index (χ2n) is 4.52. The van der Waals surface area contributed by atoms with E-state index in [1.165, 1.54) is 17.9 Å². The molecule has 0 aliphatic carbocycles. The van der Waals surface area contributed by atoms with E-state index in [4.69, 9.17) is 13.9 Å². The van der Waals surface area contributed by atoms with Crippen LogP contribution in [0.3, 0.4) is 0 Å². The third kappa shape index (κ3) is 4.84. The summed E-state index contributed by atoms with van der Waals surface area (Å²) in [7, 11) is 0. The lowest BCUT2D eigenvalue weighted by molar-refractivity contribution is 0.0993. The van der Waals surface area contributed by atoms with Crippen molar-refractivity contribution >= 4 is 6.16 Å². The van der Waals surface area contributed by atoms with Gasteiger partial charge in [-0.15, -0.1) is 0 Å². The van der Waals surface area contributed by atoms with Crippen LogP contribution in [-0.2, 0) is 17.6 Å². The van der Waals surface area contributed by atoms with Crippen molar-refractivity contribution in [3.05, 3.63) is 66.4 Å². The van der Waals surface area contributed by atoms with Gasteiger partial charge in [0.1, 0.15) is 6.61 Å². The van der Waals surface area contributed by atoms with Gasteiger partial charge in [-0.1, -0.05) is 43.0 Å². The Morgan fingerprint density at radius 3 is 2.76 bits per heavy atom. The quantitative estimate of drug-likeness (QED) is 0.566. The first-order valence-corrected chi connectivity index (χ1v) is 6.85. The number of ether oxygens (including phenoxy) is 2. The van der Waals surface area contributed by atoms with Crippen LogP contribution in [0.1, 0.15) is 17.5 Å². The molecule has 4 nitrogen and oxygen atoms in total. The van der Waals surface area contributed by atoms with Crippen LogP contribution in [-0.4, -0.2) is 12.8 Å². The Kier molecular flexibility index (Phi) is 5.64. The minimum absolute atomic E-state index is 0.114. The highest BCUT2D eigenvalue weighted by molar-refractivity contribution is 5.63. The Labute approximate surface area is 124 Å². The van der Waals surface area contributed by atoms with Crippen molar-refractivity contribution in [1.29, 1.82) is 0 Å². The van der Waals surface area contributed by atoms with Gasteiger partial charge < -0.3 is 13.9 Å². The molecule has 0 aliphatic heterocycles. The van der Waals surface area contributed by atoms with Crippen LogP contribution in [0, 0.1) is 0 Å². The van der Waals surface area contributed by atoms with Crippen molar-refractivity contribution < 1.29 is 18.7 Å². The molecule has 0 radical (unpaired) electrons. The largest absolute Gasteiger partial charge is 0.516 e. The summed E-state index contributed by atoms with van der Waals surface area (Å²) in [4.78, 5) is 11.4. The van der Waals surface area contributed by atoms with E-state index < -0.39 is 6.16 Å². The molecule has 2 rings (SSSR count). The van der Waals surface area contributed by atoms with Crippen LogP contribution < -0.4 is 4.74 Å². The Bertz CT molecular complexity index is 571. The molecule has 0 saturated heterocycles. The summed E-state index contributed by atoms with van der Waals surface area (Å²) in [6.45, 7) is 3.57. The zero-order valence-electron chi connectivity index (χ0n) is 11.8. The van der Waals surface area contributed by atoms with Crippen molar-refractivity contribution in [3.63, 3.8) is 0 Å². The first kappa shape index (κ1) is 14.9. The van der Waals surface area contributed by atoms with Gasteiger partial charge in [-0.2, -0.15) is 0 Å². The maximum atomic E-state index is 11.4. The highest BCUT2D eigenvalue weighted by Crippen LogP contribution is 2.22. The zero-order chi connectivity index (χ0) is 14.9. The first-order valence-electron chi connectivity index (χ1n) is 6.85. The van der Waals surface area contributed by atoms with Crippen LogP contribution >= 0.6 is 0 Å². The lowest BCUT2D eigenvalue weighted by Gasteiger charge is -2.04. The van der Waals surface area contributed by atoms with Crippen molar-refractivity contribution in [2.45, 2.75) is 19.3 Å². The number of carbonyl (C=O) groups excluding carboxylic acids is 1. The van der Waals surface area contributed by atoms with Crippen LogP contribution in [0.15, 0.2) is 59.7 Å². The number of rotatable bonds is 7. The van der Waals surface area contributed by atoms with Crippen LogP contribution in [0.25, 0.3) is 0 Å². The summed E-state index contributed by atoms with van der Waals surface area (Å²) < 4.78 is 14.9. The molecular weight excluding hydrogens is 268 g/mol. The maximum absolute atomic E-state index is 11.4. The number of aryl methyl sites for hydroxylation is 2. The number of benzene rings is 1. The molecule has 1 heterocycles. The number of carbonyl (C=O) groups is 1. The molecule has 0 bridgehead atoms. The van der Waals surface area contributed by atoms with E-state index in [1.54, 1.807) is 6.07 Å². The lowest BCUT2D eigenvalue weighted by Crippen LogP contribution is -2.10. The molecule has 1 aromatic carbocycles. The third-order valence-corrected chi connectivity index (χ3v) is 2.96. The molecule has 0 unspecified atom stereocenters. The Hall–Kier alpha value is -2.49. The summed E-state index contributed by atoms with van der Waals surface area (Å²) >= 11 is 0. The highest BCUT2D eigenvalue weighted by atomic mass is 16.8. The normalized spacial score (nSPS) is 10.1. The van der Waals surface area contributed by atoms with E-state index in [9.17, 15) is 4.79 Å². The minimum atomic E-state index is -0.783. The molecular formula is C17H18O4. The minimum Gasteiger partial charge on any atom is -0.434 e. The van der Waals surface area contributed by atoms with E-state index in [0.29, 0.717) is 0 Å². The summed E-state index contributed by atoms with van der Waals surface area (Å²) in [5, 5.41) is 0. The molecule has 1 aromatic heterocycles. The van der Waals surface area contributed by atoms with E-state index >= 15 is 0 Å². The van der Waals surface area contributed by atoms with Crippen molar-refractivity contribution in [3.8, 4) is 5.95 Å². The van der Waals surface area contributed by atoms with E-state index in [-0.39, 0.29) is 12.6 Å². The molecule has 0 amide bonds. The molecule has 110 valence electrons. The topological polar surface area (TPSA) is 48.7 Å². The SMILES string of the molecule is C=CCOC(=O)Oc1occc1CCCc1ccccc1.